The minimum atomic E-state index is -0.295. The van der Waals surface area contributed by atoms with Crippen molar-refractivity contribution < 1.29 is 14.3 Å². The summed E-state index contributed by atoms with van der Waals surface area (Å²) in [6, 6.07) is 13.4. The molecule has 1 amide bonds. The van der Waals surface area contributed by atoms with E-state index in [9.17, 15) is 4.79 Å². The molecular weight excluding hydrogens is 384 g/mol. The zero-order chi connectivity index (χ0) is 18.2. The van der Waals surface area contributed by atoms with Gasteiger partial charge in [0.1, 0.15) is 11.5 Å². The van der Waals surface area contributed by atoms with Gasteiger partial charge in [-0.05, 0) is 55.3 Å². The molecule has 0 heterocycles. The first-order valence-electron chi connectivity index (χ1n) is 7.82. The van der Waals surface area contributed by atoms with E-state index in [-0.39, 0.29) is 12.5 Å². The summed E-state index contributed by atoms with van der Waals surface area (Å²) in [5.74, 6) is 1.20. The van der Waals surface area contributed by atoms with Crippen LogP contribution in [0.5, 0.6) is 11.5 Å². The Morgan fingerprint density at radius 2 is 1.92 bits per heavy atom. The number of hydrazone groups is 1. The molecule has 0 aliphatic heterocycles. The Morgan fingerprint density at radius 3 is 2.56 bits per heavy atom. The lowest BCUT2D eigenvalue weighted by Gasteiger charge is -2.09. The summed E-state index contributed by atoms with van der Waals surface area (Å²) in [5, 5.41) is 4.11. The van der Waals surface area contributed by atoms with Crippen LogP contribution >= 0.6 is 15.9 Å². The van der Waals surface area contributed by atoms with Crippen molar-refractivity contribution in [3.8, 4) is 11.5 Å². The van der Waals surface area contributed by atoms with Crippen molar-refractivity contribution >= 4 is 27.5 Å². The average Bonchev–Trinajstić information content (AvgIpc) is 2.60. The Kier molecular flexibility index (Phi) is 7.01. The molecule has 0 aliphatic carbocycles. The van der Waals surface area contributed by atoms with Crippen LogP contribution in [0.3, 0.4) is 0 Å². The van der Waals surface area contributed by atoms with Crippen molar-refractivity contribution in [2.75, 3.05) is 13.7 Å². The van der Waals surface area contributed by atoms with Crippen LogP contribution in [-0.4, -0.2) is 25.3 Å². The van der Waals surface area contributed by atoms with Crippen LogP contribution in [0.1, 0.15) is 18.1 Å². The molecule has 0 saturated heterocycles. The van der Waals surface area contributed by atoms with Crippen molar-refractivity contribution in [1.82, 2.24) is 5.43 Å². The molecule has 5 nitrogen and oxygen atoms in total. The van der Waals surface area contributed by atoms with Gasteiger partial charge >= 0.3 is 0 Å². The monoisotopic (exact) mass is 404 g/mol. The number of rotatable bonds is 7. The van der Waals surface area contributed by atoms with Gasteiger partial charge in [0, 0.05) is 16.6 Å². The molecule has 2 aromatic rings. The van der Waals surface area contributed by atoms with Crippen LogP contribution in [0.25, 0.3) is 0 Å². The third kappa shape index (κ3) is 6.23. The minimum Gasteiger partial charge on any atom is -0.497 e. The predicted octanol–water partition coefficient (Wildman–Crippen LogP) is 3.88. The van der Waals surface area contributed by atoms with Crippen LogP contribution in [-0.2, 0) is 11.2 Å². The molecule has 2 aromatic carbocycles. The van der Waals surface area contributed by atoms with Crippen molar-refractivity contribution in [2.45, 2.75) is 20.3 Å². The van der Waals surface area contributed by atoms with Crippen LogP contribution < -0.4 is 14.9 Å². The van der Waals surface area contributed by atoms with Crippen molar-refractivity contribution in [1.29, 1.82) is 0 Å². The Morgan fingerprint density at radius 1 is 1.20 bits per heavy atom. The third-order valence-electron chi connectivity index (χ3n) is 3.49. The maximum Gasteiger partial charge on any atom is 0.277 e. The van der Waals surface area contributed by atoms with Crippen molar-refractivity contribution in [3.05, 3.63) is 58.1 Å². The number of methoxy groups -OCH3 is 1. The fraction of sp³-hybridized carbons (Fsp3) is 0.263. The molecule has 6 heteroatoms. The van der Waals surface area contributed by atoms with E-state index >= 15 is 0 Å². The van der Waals surface area contributed by atoms with Gasteiger partial charge in [0.15, 0.2) is 6.61 Å². The first kappa shape index (κ1) is 19.0. The number of benzene rings is 2. The highest BCUT2D eigenvalue weighted by molar-refractivity contribution is 9.10. The Bertz CT molecular complexity index is 758. The van der Waals surface area contributed by atoms with Gasteiger partial charge in [-0.3, -0.25) is 4.79 Å². The summed E-state index contributed by atoms with van der Waals surface area (Å²) in [6.07, 6.45) is 0.650. The summed E-state index contributed by atoms with van der Waals surface area (Å²) in [5.41, 5.74) is 5.38. The van der Waals surface area contributed by atoms with Crippen LogP contribution in [0.15, 0.2) is 52.0 Å². The Hall–Kier alpha value is -2.34. The number of hydrogen-bond donors (Lipinski definition) is 1. The number of amides is 1. The van der Waals surface area contributed by atoms with E-state index in [1.807, 2.05) is 56.3 Å². The van der Waals surface area contributed by atoms with Crippen LogP contribution in [0, 0.1) is 6.92 Å². The van der Waals surface area contributed by atoms with Gasteiger partial charge in [-0.15, -0.1) is 0 Å². The molecule has 0 unspecified atom stereocenters. The van der Waals surface area contributed by atoms with E-state index < -0.39 is 0 Å². The summed E-state index contributed by atoms with van der Waals surface area (Å²) in [7, 11) is 1.63. The largest absolute Gasteiger partial charge is 0.497 e. The summed E-state index contributed by atoms with van der Waals surface area (Å²) in [6.45, 7) is 3.71. The van der Waals surface area contributed by atoms with Crippen LogP contribution in [0.2, 0.25) is 0 Å². The highest BCUT2D eigenvalue weighted by Gasteiger charge is 2.05. The first-order valence-corrected chi connectivity index (χ1v) is 8.61. The number of ether oxygens (including phenoxy) is 2. The van der Waals surface area contributed by atoms with Crippen molar-refractivity contribution in [2.24, 2.45) is 5.10 Å². The molecule has 25 heavy (non-hydrogen) atoms. The molecule has 0 fully saturated rings. The standard InChI is InChI=1S/C19H21BrN2O3/c1-13-10-16(20)6-9-18(13)25-12-19(23)22-21-14(2)11-15-4-7-17(24-3)8-5-15/h4-10H,11-12H2,1-3H3,(H,22,23)/b21-14-. The van der Waals surface area contributed by atoms with Crippen LogP contribution in [0.4, 0.5) is 0 Å². The molecule has 132 valence electrons. The highest BCUT2D eigenvalue weighted by atomic mass is 79.9. The Balaban J connectivity index is 1.81. The molecule has 0 saturated carbocycles. The maximum absolute atomic E-state index is 11.9. The lowest BCUT2D eigenvalue weighted by Crippen LogP contribution is -2.25. The van der Waals surface area contributed by atoms with E-state index in [0.717, 1.165) is 27.1 Å². The van der Waals surface area contributed by atoms with Gasteiger partial charge < -0.3 is 9.47 Å². The molecule has 0 radical (unpaired) electrons. The molecule has 1 N–H and O–H groups in total. The second kappa shape index (κ2) is 9.22. The predicted molar refractivity (Wildman–Crippen MR) is 102 cm³/mol. The first-order chi connectivity index (χ1) is 12.0. The fourth-order valence-corrected chi connectivity index (χ4v) is 2.66. The zero-order valence-corrected chi connectivity index (χ0v) is 16.1. The zero-order valence-electron chi connectivity index (χ0n) is 14.5. The highest BCUT2D eigenvalue weighted by Crippen LogP contribution is 2.21. The minimum absolute atomic E-state index is 0.0816. The van der Waals surface area contributed by atoms with Crippen molar-refractivity contribution in [3.63, 3.8) is 0 Å². The average molecular weight is 405 g/mol. The van der Waals surface area contributed by atoms with Gasteiger partial charge in [0.2, 0.25) is 0 Å². The van der Waals surface area contributed by atoms with E-state index in [1.54, 1.807) is 7.11 Å². The van der Waals surface area contributed by atoms with Gasteiger partial charge in [0.05, 0.1) is 7.11 Å². The molecule has 0 aromatic heterocycles. The number of nitrogens with one attached hydrogen (secondary N) is 1. The number of halogens is 1. The second-order valence-electron chi connectivity index (χ2n) is 5.61. The van der Waals surface area contributed by atoms with Gasteiger partial charge in [-0.1, -0.05) is 28.1 Å². The number of carbonyl (C=O) groups is 1. The smallest absolute Gasteiger partial charge is 0.277 e. The molecule has 0 spiro atoms. The third-order valence-corrected chi connectivity index (χ3v) is 3.98. The maximum atomic E-state index is 11.9. The summed E-state index contributed by atoms with van der Waals surface area (Å²) >= 11 is 3.39. The molecule has 0 aliphatic rings. The van der Waals surface area contributed by atoms with E-state index in [1.165, 1.54) is 0 Å². The molecule has 0 atom stereocenters. The lowest BCUT2D eigenvalue weighted by atomic mass is 10.1. The molecular formula is C19H21BrN2O3. The normalized spacial score (nSPS) is 11.1. The van der Waals surface area contributed by atoms with E-state index in [2.05, 4.69) is 26.5 Å². The number of hydrogen-bond acceptors (Lipinski definition) is 4. The quantitative estimate of drug-likeness (QED) is 0.562. The summed E-state index contributed by atoms with van der Waals surface area (Å²) in [4.78, 5) is 11.9. The number of nitrogens with zero attached hydrogens (tertiary/aromatic N) is 1. The molecule has 2 rings (SSSR count). The molecule has 0 bridgehead atoms. The number of carbonyl (C=O) groups excluding carboxylic acids is 1. The lowest BCUT2D eigenvalue weighted by molar-refractivity contribution is -0.123. The van der Waals surface area contributed by atoms with Gasteiger partial charge in [-0.2, -0.15) is 5.10 Å². The number of aryl methyl sites for hydroxylation is 1. The fourth-order valence-electron chi connectivity index (χ4n) is 2.19. The summed E-state index contributed by atoms with van der Waals surface area (Å²) < 4.78 is 11.6. The Labute approximate surface area is 156 Å². The SMILES string of the molecule is COc1ccc(C/C(C)=N\NC(=O)COc2ccc(Br)cc2C)cc1. The van der Waals surface area contributed by atoms with E-state index in [4.69, 9.17) is 9.47 Å². The topological polar surface area (TPSA) is 59.9 Å². The van der Waals surface area contributed by atoms with E-state index in [0.29, 0.717) is 12.2 Å². The second-order valence-corrected chi connectivity index (χ2v) is 6.52. The van der Waals surface area contributed by atoms with Gasteiger partial charge in [-0.25, -0.2) is 5.43 Å². The van der Waals surface area contributed by atoms with Gasteiger partial charge in [0.25, 0.3) is 5.91 Å².